The summed E-state index contributed by atoms with van der Waals surface area (Å²) in [6.07, 6.45) is 0. The summed E-state index contributed by atoms with van der Waals surface area (Å²) in [6.45, 7) is 8.20. The molecule has 20 heavy (non-hydrogen) atoms. The van der Waals surface area contributed by atoms with E-state index in [2.05, 4.69) is 37.7 Å². The summed E-state index contributed by atoms with van der Waals surface area (Å²) < 4.78 is 5.17. The van der Waals surface area contributed by atoms with Crippen molar-refractivity contribution in [3.8, 4) is 11.5 Å². The molecule has 0 aliphatic rings. The first-order valence-corrected chi connectivity index (χ1v) is 7.16. The Morgan fingerprint density at radius 1 is 1.20 bits per heavy atom. The van der Waals surface area contributed by atoms with Crippen molar-refractivity contribution in [2.75, 3.05) is 40.8 Å². The van der Waals surface area contributed by atoms with E-state index in [0.29, 0.717) is 11.7 Å². The number of hydrogen-bond donors (Lipinski definition) is 1. The number of rotatable bonds is 8. The first kappa shape index (κ1) is 16.8. The molecule has 1 aromatic carbocycles. The fourth-order valence-corrected chi connectivity index (χ4v) is 2.19. The normalized spacial score (nSPS) is 11.6. The van der Waals surface area contributed by atoms with E-state index in [1.54, 1.807) is 13.2 Å². The SMILES string of the molecule is COc1cccc(CN(CCN(C)C)CC(C)C)c1O. The number of phenols is 1. The summed E-state index contributed by atoms with van der Waals surface area (Å²) in [5.41, 5.74) is 0.920. The van der Waals surface area contributed by atoms with Gasteiger partial charge in [0.15, 0.2) is 11.5 Å². The molecule has 0 aliphatic carbocycles. The van der Waals surface area contributed by atoms with Gasteiger partial charge in [0.2, 0.25) is 0 Å². The van der Waals surface area contributed by atoms with Gasteiger partial charge in [-0.15, -0.1) is 0 Å². The van der Waals surface area contributed by atoms with Gasteiger partial charge in [0.25, 0.3) is 0 Å². The van der Waals surface area contributed by atoms with E-state index in [4.69, 9.17) is 4.74 Å². The third-order valence-corrected chi connectivity index (χ3v) is 3.18. The number of likely N-dealkylation sites (N-methyl/N-ethyl adjacent to an activating group) is 1. The molecule has 1 aromatic rings. The van der Waals surface area contributed by atoms with Crippen LogP contribution in [0.3, 0.4) is 0 Å². The minimum absolute atomic E-state index is 0.258. The Bertz CT molecular complexity index is 405. The fraction of sp³-hybridized carbons (Fsp3) is 0.625. The standard InChI is InChI=1S/C16H28N2O2/c1-13(2)11-18(10-9-17(3)4)12-14-7-6-8-15(20-5)16(14)19/h6-8,13,19H,9-12H2,1-5H3. The second-order valence-corrected chi connectivity index (χ2v) is 5.90. The number of methoxy groups -OCH3 is 1. The molecule has 0 amide bonds. The lowest BCUT2D eigenvalue weighted by Crippen LogP contribution is -2.34. The Hall–Kier alpha value is -1.26. The van der Waals surface area contributed by atoms with Gasteiger partial charge in [-0.3, -0.25) is 4.90 Å². The van der Waals surface area contributed by atoms with Crippen LogP contribution in [0, 0.1) is 5.92 Å². The number of para-hydroxylation sites is 1. The molecule has 0 saturated heterocycles. The van der Waals surface area contributed by atoms with E-state index in [9.17, 15) is 5.11 Å². The Balaban J connectivity index is 2.77. The minimum Gasteiger partial charge on any atom is -0.504 e. The molecule has 0 heterocycles. The Labute approximate surface area is 123 Å². The molecule has 1 rings (SSSR count). The third kappa shape index (κ3) is 5.39. The van der Waals surface area contributed by atoms with Gasteiger partial charge in [-0.25, -0.2) is 0 Å². The molecule has 4 heteroatoms. The van der Waals surface area contributed by atoms with Crippen LogP contribution in [-0.2, 0) is 6.54 Å². The maximum Gasteiger partial charge on any atom is 0.162 e. The van der Waals surface area contributed by atoms with Gasteiger partial charge < -0.3 is 14.7 Å². The molecular weight excluding hydrogens is 252 g/mol. The lowest BCUT2D eigenvalue weighted by atomic mass is 10.1. The number of phenolic OH excluding ortho intramolecular Hbond substituents is 1. The predicted octanol–water partition coefficient (Wildman–Crippen LogP) is 2.42. The van der Waals surface area contributed by atoms with Crippen LogP contribution in [0.5, 0.6) is 11.5 Å². The number of aromatic hydroxyl groups is 1. The van der Waals surface area contributed by atoms with Crippen LogP contribution in [0.25, 0.3) is 0 Å². The highest BCUT2D eigenvalue weighted by atomic mass is 16.5. The molecule has 114 valence electrons. The molecule has 0 fully saturated rings. The summed E-state index contributed by atoms with van der Waals surface area (Å²) in [5, 5.41) is 10.2. The van der Waals surface area contributed by atoms with Crippen molar-refractivity contribution in [2.45, 2.75) is 20.4 Å². The van der Waals surface area contributed by atoms with Gasteiger partial charge in [0, 0.05) is 31.7 Å². The lowest BCUT2D eigenvalue weighted by molar-refractivity contribution is 0.209. The number of hydrogen-bond acceptors (Lipinski definition) is 4. The second-order valence-electron chi connectivity index (χ2n) is 5.90. The highest BCUT2D eigenvalue weighted by molar-refractivity contribution is 5.45. The van der Waals surface area contributed by atoms with Crippen molar-refractivity contribution in [2.24, 2.45) is 5.92 Å². The molecule has 0 unspecified atom stereocenters. The van der Waals surface area contributed by atoms with Gasteiger partial charge >= 0.3 is 0 Å². The van der Waals surface area contributed by atoms with Crippen LogP contribution < -0.4 is 4.74 Å². The third-order valence-electron chi connectivity index (χ3n) is 3.18. The average Bonchev–Trinajstić information content (AvgIpc) is 2.37. The molecule has 0 spiro atoms. The van der Waals surface area contributed by atoms with Crippen molar-refractivity contribution >= 4 is 0 Å². The monoisotopic (exact) mass is 280 g/mol. The molecular formula is C16H28N2O2. The van der Waals surface area contributed by atoms with Crippen LogP contribution in [0.4, 0.5) is 0 Å². The maximum absolute atomic E-state index is 10.2. The molecule has 0 saturated carbocycles. The van der Waals surface area contributed by atoms with Gasteiger partial charge in [-0.2, -0.15) is 0 Å². The smallest absolute Gasteiger partial charge is 0.162 e. The summed E-state index contributed by atoms with van der Waals surface area (Å²) in [7, 11) is 5.74. The largest absolute Gasteiger partial charge is 0.504 e. The highest BCUT2D eigenvalue weighted by Crippen LogP contribution is 2.30. The molecule has 0 radical (unpaired) electrons. The highest BCUT2D eigenvalue weighted by Gasteiger charge is 2.13. The lowest BCUT2D eigenvalue weighted by Gasteiger charge is -2.26. The van der Waals surface area contributed by atoms with Gasteiger partial charge in [-0.05, 0) is 26.1 Å². The van der Waals surface area contributed by atoms with Crippen molar-refractivity contribution in [3.63, 3.8) is 0 Å². The quantitative estimate of drug-likeness (QED) is 0.793. The summed E-state index contributed by atoms with van der Waals surface area (Å²) in [4.78, 5) is 4.55. The van der Waals surface area contributed by atoms with Crippen LogP contribution in [0.1, 0.15) is 19.4 Å². The van der Waals surface area contributed by atoms with Crippen LogP contribution >= 0.6 is 0 Å². The zero-order valence-electron chi connectivity index (χ0n) is 13.4. The van der Waals surface area contributed by atoms with Gasteiger partial charge in [0.1, 0.15) is 0 Å². The van der Waals surface area contributed by atoms with Gasteiger partial charge in [-0.1, -0.05) is 26.0 Å². The van der Waals surface area contributed by atoms with E-state index in [-0.39, 0.29) is 5.75 Å². The molecule has 0 bridgehead atoms. The molecule has 0 aromatic heterocycles. The van der Waals surface area contributed by atoms with E-state index < -0.39 is 0 Å². The second kappa shape index (κ2) is 8.12. The summed E-state index contributed by atoms with van der Waals surface area (Å²) in [6, 6.07) is 5.67. The van der Waals surface area contributed by atoms with Crippen molar-refractivity contribution < 1.29 is 9.84 Å². The van der Waals surface area contributed by atoms with Crippen molar-refractivity contribution in [1.29, 1.82) is 0 Å². The Morgan fingerprint density at radius 2 is 1.90 bits per heavy atom. The zero-order chi connectivity index (χ0) is 15.1. The van der Waals surface area contributed by atoms with E-state index in [1.807, 2.05) is 12.1 Å². The van der Waals surface area contributed by atoms with Crippen molar-refractivity contribution in [3.05, 3.63) is 23.8 Å². The molecule has 4 nitrogen and oxygen atoms in total. The van der Waals surface area contributed by atoms with Gasteiger partial charge in [0.05, 0.1) is 7.11 Å². The van der Waals surface area contributed by atoms with E-state index >= 15 is 0 Å². The van der Waals surface area contributed by atoms with Crippen LogP contribution in [0.15, 0.2) is 18.2 Å². The topological polar surface area (TPSA) is 35.9 Å². The molecule has 1 N–H and O–H groups in total. The molecule has 0 aliphatic heterocycles. The average molecular weight is 280 g/mol. The number of benzene rings is 1. The Morgan fingerprint density at radius 3 is 2.45 bits per heavy atom. The minimum atomic E-state index is 0.258. The molecule has 0 atom stereocenters. The van der Waals surface area contributed by atoms with E-state index in [0.717, 1.165) is 31.7 Å². The number of nitrogens with zero attached hydrogens (tertiary/aromatic N) is 2. The van der Waals surface area contributed by atoms with E-state index in [1.165, 1.54) is 0 Å². The maximum atomic E-state index is 10.2. The first-order chi connectivity index (χ1) is 9.43. The fourth-order valence-electron chi connectivity index (χ4n) is 2.19. The Kier molecular flexibility index (Phi) is 6.82. The zero-order valence-corrected chi connectivity index (χ0v) is 13.4. The summed E-state index contributed by atoms with van der Waals surface area (Å²) >= 11 is 0. The van der Waals surface area contributed by atoms with Crippen LogP contribution in [0.2, 0.25) is 0 Å². The predicted molar refractivity (Wildman–Crippen MR) is 83.3 cm³/mol. The van der Waals surface area contributed by atoms with Crippen LogP contribution in [-0.4, -0.2) is 55.7 Å². The first-order valence-electron chi connectivity index (χ1n) is 7.16. The van der Waals surface area contributed by atoms with Crippen molar-refractivity contribution in [1.82, 2.24) is 9.80 Å². The summed E-state index contributed by atoms with van der Waals surface area (Å²) in [5.74, 6) is 1.40. The number of ether oxygens (including phenoxy) is 1.